The Balaban J connectivity index is 1.66. The van der Waals surface area contributed by atoms with E-state index in [-0.39, 0.29) is 10.5 Å². The number of benzene rings is 2. The molecule has 0 saturated carbocycles. The van der Waals surface area contributed by atoms with Gasteiger partial charge in [-0.3, -0.25) is 4.79 Å². The summed E-state index contributed by atoms with van der Waals surface area (Å²) >= 11 is 0. The van der Waals surface area contributed by atoms with Gasteiger partial charge in [0.05, 0.1) is 10.5 Å². The zero-order valence-corrected chi connectivity index (χ0v) is 17.4. The lowest BCUT2D eigenvalue weighted by atomic mass is 10.1. The zero-order valence-electron chi connectivity index (χ0n) is 16.6. The maximum absolute atomic E-state index is 12.7. The first-order chi connectivity index (χ1) is 14.5. The number of likely N-dealkylation sites (tertiary alicyclic amines) is 1. The molecule has 3 rings (SSSR count). The molecule has 1 aliphatic heterocycles. The first kappa shape index (κ1) is 22.5. The van der Waals surface area contributed by atoms with Gasteiger partial charge < -0.3 is 10.2 Å². The number of rotatable bonds is 5. The van der Waals surface area contributed by atoms with Crippen LogP contribution in [0.1, 0.15) is 24.0 Å². The summed E-state index contributed by atoms with van der Waals surface area (Å²) in [5.41, 5.74) is -0.245. The van der Waals surface area contributed by atoms with Crippen molar-refractivity contribution in [2.45, 2.75) is 23.9 Å². The van der Waals surface area contributed by atoms with E-state index in [4.69, 9.17) is 0 Å². The number of nitrogens with one attached hydrogen (secondary N) is 1. The second kappa shape index (κ2) is 8.93. The van der Waals surface area contributed by atoms with E-state index in [1.807, 2.05) is 0 Å². The lowest BCUT2D eigenvalue weighted by Crippen LogP contribution is -2.20. The summed E-state index contributed by atoms with van der Waals surface area (Å²) in [5, 5.41) is 2.53. The molecule has 0 atom stereocenters. The van der Waals surface area contributed by atoms with E-state index >= 15 is 0 Å². The van der Waals surface area contributed by atoms with Gasteiger partial charge >= 0.3 is 6.18 Å². The third kappa shape index (κ3) is 5.94. The summed E-state index contributed by atoms with van der Waals surface area (Å²) in [7, 11) is -2.07. The van der Waals surface area contributed by atoms with Crippen LogP contribution < -0.4 is 5.32 Å². The van der Waals surface area contributed by atoms with Crippen LogP contribution in [-0.2, 0) is 21.0 Å². The average molecular weight is 451 g/mol. The summed E-state index contributed by atoms with van der Waals surface area (Å²) in [6.45, 7) is 0.757. The Bertz CT molecular complexity index is 1120. The van der Waals surface area contributed by atoms with Gasteiger partial charge in [-0.15, -0.1) is 4.40 Å². The van der Waals surface area contributed by atoms with Crippen molar-refractivity contribution < 1.29 is 26.4 Å². The van der Waals surface area contributed by atoms with Crippen molar-refractivity contribution in [3.05, 3.63) is 65.7 Å². The molecule has 1 N–H and O–H groups in total. The Kier molecular flexibility index (Phi) is 6.49. The minimum Gasteiger partial charge on any atom is -0.362 e. The number of carbonyl (C=O) groups is 1. The quantitative estimate of drug-likeness (QED) is 0.692. The standard InChI is InChI=1S/C21H20F3N3O3S/c1-27-13-3-6-19(27)26-31(29,30)18-10-8-17(9-11-18)25-20(28)12-7-15-4-2-5-16(14-15)21(22,23)24/h2,4-5,7-12,14H,3,6,13H2,1H3,(H,25,28)/b12-7+,26-19-. The van der Waals surface area contributed by atoms with Gasteiger partial charge in [0.15, 0.2) is 0 Å². The number of hydrogen-bond donors (Lipinski definition) is 1. The maximum atomic E-state index is 12.7. The van der Waals surface area contributed by atoms with E-state index in [1.165, 1.54) is 42.5 Å². The molecule has 1 aliphatic rings. The molecule has 1 saturated heterocycles. The highest BCUT2D eigenvalue weighted by atomic mass is 32.2. The smallest absolute Gasteiger partial charge is 0.362 e. The zero-order chi connectivity index (χ0) is 22.6. The molecule has 0 bridgehead atoms. The number of amidine groups is 1. The molecule has 0 aliphatic carbocycles. The Hall–Kier alpha value is -3.14. The molecule has 2 aromatic carbocycles. The number of hydrogen-bond acceptors (Lipinski definition) is 3. The van der Waals surface area contributed by atoms with Crippen LogP contribution in [0.3, 0.4) is 0 Å². The van der Waals surface area contributed by atoms with Crippen molar-refractivity contribution >= 4 is 33.5 Å². The van der Waals surface area contributed by atoms with Crippen LogP contribution in [0, 0.1) is 0 Å². The average Bonchev–Trinajstić information content (AvgIpc) is 3.10. The number of sulfonamides is 1. The third-order valence-electron chi connectivity index (χ3n) is 4.62. The Labute approximate surface area is 178 Å². The first-order valence-corrected chi connectivity index (χ1v) is 10.8. The molecular formula is C21H20F3N3O3S. The maximum Gasteiger partial charge on any atom is 0.416 e. The number of amides is 1. The minimum absolute atomic E-state index is 0.00203. The molecule has 1 amide bonds. The predicted molar refractivity (Wildman–Crippen MR) is 112 cm³/mol. The number of alkyl halides is 3. The van der Waals surface area contributed by atoms with Crippen molar-refractivity contribution in [1.82, 2.24) is 4.90 Å². The summed E-state index contributed by atoms with van der Waals surface area (Å²) in [6, 6.07) is 10.1. The lowest BCUT2D eigenvalue weighted by Gasteiger charge is -2.11. The number of anilines is 1. The molecule has 10 heteroatoms. The van der Waals surface area contributed by atoms with Crippen molar-refractivity contribution in [2.24, 2.45) is 4.40 Å². The van der Waals surface area contributed by atoms with Gasteiger partial charge in [-0.2, -0.15) is 21.6 Å². The van der Waals surface area contributed by atoms with Crippen LogP contribution in [0.2, 0.25) is 0 Å². The fourth-order valence-electron chi connectivity index (χ4n) is 2.99. The minimum atomic E-state index is -4.47. The second-order valence-corrected chi connectivity index (χ2v) is 8.58. The fourth-order valence-corrected chi connectivity index (χ4v) is 4.08. The molecule has 1 heterocycles. The van der Waals surface area contributed by atoms with E-state index < -0.39 is 27.7 Å². The van der Waals surface area contributed by atoms with E-state index in [0.29, 0.717) is 17.9 Å². The summed E-state index contributed by atoms with van der Waals surface area (Å²) < 4.78 is 67.0. The SMILES string of the molecule is CN1CCC/C1=N/S(=O)(=O)c1ccc(NC(=O)/C=C/c2cccc(C(F)(F)F)c2)cc1. The van der Waals surface area contributed by atoms with E-state index in [1.54, 1.807) is 11.9 Å². The summed E-state index contributed by atoms with van der Waals surface area (Å²) in [5.74, 6) is -0.0575. The van der Waals surface area contributed by atoms with Crippen LogP contribution in [-0.4, -0.2) is 38.7 Å². The Morgan fingerprint density at radius 2 is 1.87 bits per heavy atom. The number of carbonyl (C=O) groups excluding carboxylic acids is 1. The summed E-state index contributed by atoms with van der Waals surface area (Å²) in [6.07, 6.45) is -0.655. The van der Waals surface area contributed by atoms with Crippen LogP contribution in [0.25, 0.3) is 6.08 Å². The topological polar surface area (TPSA) is 78.8 Å². The van der Waals surface area contributed by atoms with Crippen molar-refractivity contribution in [2.75, 3.05) is 18.9 Å². The van der Waals surface area contributed by atoms with Gasteiger partial charge in [0.25, 0.3) is 10.0 Å². The van der Waals surface area contributed by atoms with Gasteiger partial charge in [-0.05, 0) is 54.5 Å². The molecule has 0 spiro atoms. The molecule has 164 valence electrons. The Morgan fingerprint density at radius 1 is 1.16 bits per heavy atom. The van der Waals surface area contributed by atoms with Crippen molar-refractivity contribution in [3.63, 3.8) is 0 Å². The highest BCUT2D eigenvalue weighted by Crippen LogP contribution is 2.29. The fraction of sp³-hybridized carbons (Fsp3) is 0.238. The predicted octanol–water partition coefficient (Wildman–Crippen LogP) is 4.17. The molecule has 0 radical (unpaired) electrons. The third-order valence-corrected chi connectivity index (χ3v) is 5.94. The number of halogens is 3. The normalized spacial score (nSPS) is 16.3. The van der Waals surface area contributed by atoms with Gasteiger partial charge in [-0.25, -0.2) is 0 Å². The molecule has 1 fully saturated rings. The Morgan fingerprint density at radius 3 is 2.48 bits per heavy atom. The lowest BCUT2D eigenvalue weighted by molar-refractivity contribution is -0.137. The summed E-state index contributed by atoms with van der Waals surface area (Å²) in [4.78, 5) is 13.8. The molecule has 0 aromatic heterocycles. The van der Waals surface area contributed by atoms with E-state index in [2.05, 4.69) is 9.71 Å². The van der Waals surface area contributed by atoms with Crippen LogP contribution in [0.4, 0.5) is 18.9 Å². The second-order valence-electron chi connectivity index (χ2n) is 6.98. The molecule has 2 aromatic rings. The van der Waals surface area contributed by atoms with E-state index in [0.717, 1.165) is 31.2 Å². The number of nitrogens with zero attached hydrogens (tertiary/aromatic N) is 2. The molecule has 31 heavy (non-hydrogen) atoms. The molecule has 6 nitrogen and oxygen atoms in total. The van der Waals surface area contributed by atoms with Gasteiger partial charge in [-0.1, -0.05) is 12.1 Å². The highest BCUT2D eigenvalue weighted by molar-refractivity contribution is 7.90. The van der Waals surface area contributed by atoms with Crippen molar-refractivity contribution in [1.29, 1.82) is 0 Å². The van der Waals surface area contributed by atoms with Gasteiger partial charge in [0.2, 0.25) is 5.91 Å². The molecular weight excluding hydrogens is 431 g/mol. The van der Waals surface area contributed by atoms with Gasteiger partial charge in [0.1, 0.15) is 5.84 Å². The highest BCUT2D eigenvalue weighted by Gasteiger charge is 2.30. The van der Waals surface area contributed by atoms with Crippen LogP contribution >= 0.6 is 0 Å². The van der Waals surface area contributed by atoms with Crippen LogP contribution in [0.15, 0.2) is 63.9 Å². The van der Waals surface area contributed by atoms with Crippen LogP contribution in [0.5, 0.6) is 0 Å². The van der Waals surface area contributed by atoms with E-state index in [9.17, 15) is 26.4 Å². The monoisotopic (exact) mass is 451 g/mol. The first-order valence-electron chi connectivity index (χ1n) is 9.36. The largest absolute Gasteiger partial charge is 0.416 e. The molecule has 0 unspecified atom stereocenters. The van der Waals surface area contributed by atoms with Crippen molar-refractivity contribution in [3.8, 4) is 0 Å². The van der Waals surface area contributed by atoms with Gasteiger partial charge in [0, 0.05) is 31.8 Å².